The molecule has 242 valence electrons. The number of aromatic amines is 1. The molecule has 2 aromatic rings. The molecule has 4 aliphatic rings. The molecule has 3 heterocycles. The van der Waals surface area contributed by atoms with Gasteiger partial charge in [0.25, 0.3) is 11.8 Å². The molecular weight excluding hydrogens is 570 g/mol. The zero-order valence-electron chi connectivity index (χ0n) is 26.2. The summed E-state index contributed by atoms with van der Waals surface area (Å²) in [6.45, 7) is 1.03. The number of Topliss-reactive ketones (excluding diaryl/α,β-unsaturated/α-hetero) is 1. The molecule has 10 heteroatoms. The maximum Gasteiger partial charge on any atom is 0.292 e. The zero-order valence-corrected chi connectivity index (χ0v) is 26.2. The number of hydrogen-bond donors (Lipinski definition) is 4. The number of hydrogen-bond acceptors (Lipinski definition) is 5. The second-order valence-electron chi connectivity index (χ2n) is 13.9. The lowest BCUT2D eigenvalue weighted by Gasteiger charge is -2.33. The lowest BCUT2D eigenvalue weighted by molar-refractivity contribution is -0.146. The number of aromatic nitrogens is 1. The normalized spacial score (nSPS) is 23.1. The van der Waals surface area contributed by atoms with Crippen LogP contribution in [0.5, 0.6) is 0 Å². The minimum absolute atomic E-state index is 0.0733. The molecule has 6 rings (SSSR count). The lowest BCUT2D eigenvalue weighted by atomic mass is 9.78. The lowest BCUT2D eigenvalue weighted by Crippen LogP contribution is -2.55. The fourth-order valence-corrected chi connectivity index (χ4v) is 8.16. The summed E-state index contributed by atoms with van der Waals surface area (Å²) in [5.74, 6) is -2.47. The number of likely N-dealkylation sites (tertiary alicyclic amines) is 1. The summed E-state index contributed by atoms with van der Waals surface area (Å²) in [5.41, 5.74) is 0.927. The first-order valence-corrected chi connectivity index (χ1v) is 17.1. The Balaban J connectivity index is 1.21. The molecule has 2 saturated heterocycles. The number of carbonyl (C=O) groups excluding carboxylic acids is 5. The van der Waals surface area contributed by atoms with E-state index in [2.05, 4.69) is 20.9 Å². The van der Waals surface area contributed by atoms with Crippen LogP contribution < -0.4 is 16.0 Å². The third kappa shape index (κ3) is 7.25. The highest BCUT2D eigenvalue weighted by molar-refractivity contribution is 6.38. The Morgan fingerprint density at radius 2 is 1.58 bits per heavy atom. The number of amides is 4. The Labute approximate surface area is 264 Å². The molecule has 1 unspecified atom stereocenters. The van der Waals surface area contributed by atoms with E-state index in [1.807, 2.05) is 24.3 Å². The van der Waals surface area contributed by atoms with E-state index in [0.717, 1.165) is 88.0 Å². The van der Waals surface area contributed by atoms with Crippen molar-refractivity contribution in [3.63, 3.8) is 0 Å². The highest BCUT2D eigenvalue weighted by Crippen LogP contribution is 2.39. The van der Waals surface area contributed by atoms with Gasteiger partial charge >= 0.3 is 0 Å². The van der Waals surface area contributed by atoms with Crippen molar-refractivity contribution in [1.82, 2.24) is 25.8 Å². The molecule has 4 amide bonds. The van der Waals surface area contributed by atoms with Crippen molar-refractivity contribution >= 4 is 40.3 Å². The topological polar surface area (TPSA) is 140 Å². The van der Waals surface area contributed by atoms with E-state index in [-0.39, 0.29) is 23.8 Å². The van der Waals surface area contributed by atoms with Gasteiger partial charge in [-0.3, -0.25) is 24.0 Å². The summed E-state index contributed by atoms with van der Waals surface area (Å²) in [6.07, 6.45) is 13.2. The van der Waals surface area contributed by atoms with E-state index in [4.69, 9.17) is 0 Å². The van der Waals surface area contributed by atoms with Crippen molar-refractivity contribution in [1.29, 1.82) is 0 Å². The number of ketones is 1. The van der Waals surface area contributed by atoms with E-state index in [9.17, 15) is 24.0 Å². The van der Waals surface area contributed by atoms with Gasteiger partial charge in [0.05, 0.1) is 6.04 Å². The Hall–Kier alpha value is -3.69. The van der Waals surface area contributed by atoms with E-state index in [0.29, 0.717) is 31.6 Å². The average molecular weight is 618 g/mol. The number of rotatable bonds is 10. The van der Waals surface area contributed by atoms with Gasteiger partial charge in [-0.15, -0.1) is 0 Å². The van der Waals surface area contributed by atoms with Crippen molar-refractivity contribution in [2.45, 2.75) is 114 Å². The molecule has 2 aliphatic carbocycles. The first kappa shape index (κ1) is 31.3. The second-order valence-corrected chi connectivity index (χ2v) is 13.9. The Bertz CT molecular complexity index is 1380. The SMILES string of the molecule is O=C(N[C@@H](CC1CCCCC1)C(=O)N[C@@H](CC1CC2(CCCCC2)NC1=O)C(=O)C(=O)N1CCCC1)c1cc2ccccc2[nH]1. The van der Waals surface area contributed by atoms with Crippen LogP contribution in [-0.2, 0) is 19.2 Å². The summed E-state index contributed by atoms with van der Waals surface area (Å²) in [7, 11) is 0. The number of H-pyrrole nitrogens is 1. The minimum atomic E-state index is -1.14. The Kier molecular flexibility index (Phi) is 9.56. The van der Waals surface area contributed by atoms with Crippen molar-refractivity contribution in [2.24, 2.45) is 11.8 Å². The standard InChI is InChI=1S/C35H47N5O5/c41-30(34(45)40-17-9-10-18-40)27(21-25-22-35(39-31(25)42)15-7-2-8-16-35)37-32(43)28(19-23-11-3-1-4-12-23)38-33(44)29-20-24-13-5-6-14-26(24)36-29/h5-6,13-14,20,23,25,27-28,36H,1-4,7-12,15-19,21-22H2,(H,37,43)(H,38,44)(H,39,42)/t25?,27-,28-/m0/s1. The second kappa shape index (κ2) is 13.7. The fourth-order valence-electron chi connectivity index (χ4n) is 8.16. The summed E-state index contributed by atoms with van der Waals surface area (Å²) < 4.78 is 0. The van der Waals surface area contributed by atoms with Gasteiger partial charge in [-0.1, -0.05) is 69.6 Å². The Morgan fingerprint density at radius 3 is 2.31 bits per heavy atom. The van der Waals surface area contributed by atoms with E-state index in [1.54, 1.807) is 11.0 Å². The van der Waals surface area contributed by atoms with Gasteiger partial charge in [0, 0.05) is 35.4 Å². The van der Waals surface area contributed by atoms with E-state index >= 15 is 0 Å². The average Bonchev–Trinajstić information content (AvgIpc) is 3.80. The molecule has 2 saturated carbocycles. The molecule has 45 heavy (non-hydrogen) atoms. The predicted molar refractivity (Wildman–Crippen MR) is 170 cm³/mol. The first-order chi connectivity index (χ1) is 21.8. The molecule has 1 aromatic heterocycles. The summed E-state index contributed by atoms with van der Waals surface area (Å²) >= 11 is 0. The van der Waals surface area contributed by atoms with E-state index in [1.165, 1.54) is 0 Å². The molecule has 0 radical (unpaired) electrons. The smallest absolute Gasteiger partial charge is 0.292 e. The van der Waals surface area contributed by atoms with Crippen LogP contribution in [0.3, 0.4) is 0 Å². The van der Waals surface area contributed by atoms with Crippen LogP contribution in [0.1, 0.15) is 107 Å². The maximum absolute atomic E-state index is 14.1. The summed E-state index contributed by atoms with van der Waals surface area (Å²) in [5, 5.41) is 9.95. The molecule has 0 bridgehead atoms. The highest BCUT2D eigenvalue weighted by atomic mass is 16.2. The van der Waals surface area contributed by atoms with Crippen LogP contribution in [0.4, 0.5) is 0 Å². The minimum Gasteiger partial charge on any atom is -0.351 e. The van der Waals surface area contributed by atoms with Crippen LogP contribution >= 0.6 is 0 Å². The highest BCUT2D eigenvalue weighted by Gasteiger charge is 2.46. The largest absolute Gasteiger partial charge is 0.351 e. The molecule has 4 fully saturated rings. The van der Waals surface area contributed by atoms with Crippen LogP contribution in [0.25, 0.3) is 10.9 Å². The zero-order chi connectivity index (χ0) is 31.4. The van der Waals surface area contributed by atoms with Crippen LogP contribution in [-0.4, -0.2) is 70.0 Å². The van der Waals surface area contributed by atoms with Crippen LogP contribution in [0.2, 0.25) is 0 Å². The van der Waals surface area contributed by atoms with Gasteiger partial charge < -0.3 is 25.8 Å². The monoisotopic (exact) mass is 617 g/mol. The molecule has 3 atom stereocenters. The number of fused-ring (bicyclic) bond motifs is 1. The summed E-state index contributed by atoms with van der Waals surface area (Å²) in [6, 6.07) is 7.34. The van der Waals surface area contributed by atoms with Crippen LogP contribution in [0.15, 0.2) is 30.3 Å². The van der Waals surface area contributed by atoms with Crippen molar-refractivity contribution < 1.29 is 24.0 Å². The number of nitrogens with zero attached hydrogens (tertiary/aromatic N) is 1. The molecule has 10 nitrogen and oxygen atoms in total. The van der Waals surface area contributed by atoms with Crippen molar-refractivity contribution in [2.75, 3.05) is 13.1 Å². The van der Waals surface area contributed by atoms with Gasteiger partial charge in [0.2, 0.25) is 17.6 Å². The van der Waals surface area contributed by atoms with Crippen molar-refractivity contribution in [3.8, 4) is 0 Å². The maximum atomic E-state index is 14.1. The number of benzene rings is 1. The quantitative estimate of drug-likeness (QED) is 0.297. The van der Waals surface area contributed by atoms with Gasteiger partial charge in [-0.05, 0) is 63.0 Å². The first-order valence-electron chi connectivity index (χ1n) is 17.1. The summed E-state index contributed by atoms with van der Waals surface area (Å²) in [4.78, 5) is 72.5. The number of nitrogens with one attached hydrogen (secondary N) is 4. The van der Waals surface area contributed by atoms with Crippen LogP contribution in [0, 0.1) is 11.8 Å². The molecule has 1 spiro atoms. The van der Waals surface area contributed by atoms with Gasteiger partial charge in [-0.2, -0.15) is 0 Å². The van der Waals surface area contributed by atoms with Gasteiger partial charge in [0.1, 0.15) is 11.7 Å². The molecule has 4 N–H and O–H groups in total. The molecule has 2 aliphatic heterocycles. The van der Waals surface area contributed by atoms with E-state index < -0.39 is 41.5 Å². The number of para-hydroxylation sites is 1. The number of carbonyl (C=O) groups is 5. The third-order valence-electron chi connectivity index (χ3n) is 10.7. The third-order valence-corrected chi connectivity index (χ3v) is 10.7. The van der Waals surface area contributed by atoms with Crippen molar-refractivity contribution in [3.05, 3.63) is 36.0 Å². The fraction of sp³-hybridized carbons (Fsp3) is 0.629. The Morgan fingerprint density at radius 1 is 0.867 bits per heavy atom. The predicted octanol–water partition coefficient (Wildman–Crippen LogP) is 4.14. The molecular formula is C35H47N5O5. The van der Waals surface area contributed by atoms with Gasteiger partial charge in [-0.25, -0.2) is 0 Å². The van der Waals surface area contributed by atoms with Gasteiger partial charge in [0.15, 0.2) is 0 Å². The molecule has 1 aromatic carbocycles.